The number of nitrogens with zero attached hydrogens (tertiary/aromatic N) is 2. The van der Waals surface area contributed by atoms with E-state index in [2.05, 4.69) is 0 Å². The van der Waals surface area contributed by atoms with Crippen LogP contribution in [0.25, 0.3) is 16.5 Å². The van der Waals surface area contributed by atoms with E-state index in [4.69, 9.17) is 14.2 Å². The molecular formula is C26H32N2O7. The molecule has 9 heteroatoms. The van der Waals surface area contributed by atoms with Crippen molar-refractivity contribution >= 4 is 40.5 Å². The highest BCUT2D eigenvalue weighted by Crippen LogP contribution is 2.37. The molecule has 0 spiro atoms. The lowest BCUT2D eigenvalue weighted by Crippen LogP contribution is -2.42. The van der Waals surface area contributed by atoms with Crippen molar-refractivity contribution in [3.8, 4) is 0 Å². The summed E-state index contributed by atoms with van der Waals surface area (Å²) in [6.07, 6.45) is -0.143. The average molecular weight is 485 g/mol. The van der Waals surface area contributed by atoms with Crippen LogP contribution in [0.2, 0.25) is 0 Å². The Balaban J connectivity index is 2.31. The molecule has 1 aromatic carbocycles. The number of para-hydroxylation sites is 1. The van der Waals surface area contributed by atoms with Crippen molar-refractivity contribution in [3.05, 3.63) is 41.6 Å². The second-order valence-electron chi connectivity index (χ2n) is 10.2. The van der Waals surface area contributed by atoms with Crippen molar-refractivity contribution in [2.45, 2.75) is 66.1 Å². The molecule has 0 bridgehead atoms. The van der Waals surface area contributed by atoms with Gasteiger partial charge in [0.1, 0.15) is 16.9 Å². The third kappa shape index (κ3) is 5.72. The highest BCUT2D eigenvalue weighted by molar-refractivity contribution is 6.15. The number of fused-ring (bicyclic) bond motifs is 3. The topological polar surface area (TPSA) is 104 Å². The maximum Gasteiger partial charge on any atom is 0.419 e. The molecule has 0 unspecified atom stereocenters. The smallest absolute Gasteiger partial charge is 0.419 e. The van der Waals surface area contributed by atoms with Crippen LogP contribution in [-0.4, -0.2) is 57.9 Å². The summed E-state index contributed by atoms with van der Waals surface area (Å²) in [5.41, 5.74) is -0.474. The van der Waals surface area contributed by atoms with E-state index in [1.165, 1.54) is 10.6 Å². The minimum Gasteiger partial charge on any atom is -0.463 e. The number of benzene rings is 1. The molecule has 2 heterocycles. The SMILES string of the molecule is CCOC(=O)/C=C1\CCN(C(=O)OC(C)(C)C)C(=O)c2c1c1ccccc1n2C(=O)OC(C)(C)C. The molecule has 35 heavy (non-hydrogen) atoms. The summed E-state index contributed by atoms with van der Waals surface area (Å²) in [5, 5.41) is 0.572. The summed E-state index contributed by atoms with van der Waals surface area (Å²) >= 11 is 0. The predicted molar refractivity (Wildman–Crippen MR) is 130 cm³/mol. The zero-order valence-corrected chi connectivity index (χ0v) is 21.3. The number of aromatic nitrogens is 1. The molecule has 0 radical (unpaired) electrons. The summed E-state index contributed by atoms with van der Waals surface area (Å²) in [4.78, 5) is 53.5. The monoisotopic (exact) mass is 484 g/mol. The minimum atomic E-state index is -0.841. The van der Waals surface area contributed by atoms with Gasteiger partial charge in [-0.3, -0.25) is 4.79 Å². The predicted octanol–water partition coefficient (Wildman–Crippen LogP) is 5.15. The first-order chi connectivity index (χ1) is 16.2. The van der Waals surface area contributed by atoms with Crippen molar-refractivity contribution in [1.82, 2.24) is 9.47 Å². The summed E-state index contributed by atoms with van der Waals surface area (Å²) in [6.45, 7) is 12.1. The fraction of sp³-hybridized carbons (Fsp3) is 0.462. The van der Waals surface area contributed by atoms with Gasteiger partial charge in [-0.05, 0) is 66.5 Å². The van der Waals surface area contributed by atoms with E-state index in [0.717, 1.165) is 4.90 Å². The van der Waals surface area contributed by atoms with Gasteiger partial charge >= 0.3 is 18.2 Å². The molecule has 0 saturated carbocycles. The Morgan fingerprint density at radius 1 is 0.971 bits per heavy atom. The molecule has 0 saturated heterocycles. The second kappa shape index (κ2) is 9.56. The van der Waals surface area contributed by atoms with Crippen LogP contribution >= 0.6 is 0 Å². The van der Waals surface area contributed by atoms with Crippen molar-refractivity contribution in [1.29, 1.82) is 0 Å². The van der Waals surface area contributed by atoms with Gasteiger partial charge < -0.3 is 14.2 Å². The molecule has 0 fully saturated rings. The lowest BCUT2D eigenvalue weighted by molar-refractivity contribution is -0.137. The van der Waals surface area contributed by atoms with Crippen molar-refractivity contribution in [3.63, 3.8) is 0 Å². The van der Waals surface area contributed by atoms with Crippen LogP contribution in [0.15, 0.2) is 30.3 Å². The summed E-state index contributed by atoms with van der Waals surface area (Å²) in [5.74, 6) is -1.30. The zero-order valence-electron chi connectivity index (χ0n) is 21.3. The van der Waals surface area contributed by atoms with Crippen LogP contribution in [0.5, 0.6) is 0 Å². The Bertz CT molecular complexity index is 1210. The fourth-order valence-corrected chi connectivity index (χ4v) is 3.81. The summed E-state index contributed by atoms with van der Waals surface area (Å²) in [6, 6.07) is 6.93. The number of imide groups is 1. The molecular weight excluding hydrogens is 452 g/mol. The molecule has 188 valence electrons. The van der Waals surface area contributed by atoms with E-state index in [9.17, 15) is 19.2 Å². The summed E-state index contributed by atoms with van der Waals surface area (Å²) < 4.78 is 17.3. The molecule has 2 amide bonds. The van der Waals surface area contributed by atoms with Gasteiger partial charge in [-0.2, -0.15) is 0 Å². The number of carbonyl (C=O) groups excluding carboxylic acids is 4. The Morgan fingerprint density at radius 2 is 1.57 bits per heavy atom. The summed E-state index contributed by atoms with van der Waals surface area (Å²) in [7, 11) is 0. The molecule has 2 aromatic rings. The van der Waals surface area contributed by atoms with Gasteiger partial charge in [0, 0.05) is 23.6 Å². The number of hydrogen-bond acceptors (Lipinski definition) is 7. The fourth-order valence-electron chi connectivity index (χ4n) is 3.81. The lowest BCUT2D eigenvalue weighted by atomic mass is 9.99. The van der Waals surface area contributed by atoms with Crippen molar-refractivity contribution < 1.29 is 33.4 Å². The Kier molecular flexibility index (Phi) is 7.10. The number of esters is 1. The first-order valence-electron chi connectivity index (χ1n) is 11.5. The maximum absolute atomic E-state index is 13.8. The van der Waals surface area contributed by atoms with Crippen molar-refractivity contribution in [2.75, 3.05) is 13.2 Å². The first kappa shape index (κ1) is 26.0. The lowest BCUT2D eigenvalue weighted by Gasteiger charge is -2.26. The number of rotatable bonds is 2. The van der Waals surface area contributed by atoms with E-state index < -0.39 is 35.3 Å². The highest BCUT2D eigenvalue weighted by Gasteiger charge is 2.38. The van der Waals surface area contributed by atoms with Gasteiger partial charge in [0.2, 0.25) is 0 Å². The minimum absolute atomic E-state index is 0.0453. The van der Waals surface area contributed by atoms with E-state index in [1.807, 2.05) is 0 Å². The third-order valence-corrected chi connectivity index (χ3v) is 5.02. The van der Waals surface area contributed by atoms with Gasteiger partial charge in [0.25, 0.3) is 5.91 Å². The van der Waals surface area contributed by atoms with E-state index in [0.29, 0.717) is 22.0 Å². The van der Waals surface area contributed by atoms with Crippen LogP contribution in [0.4, 0.5) is 9.59 Å². The van der Waals surface area contributed by atoms with Crippen LogP contribution in [0, 0.1) is 0 Å². The number of ether oxygens (including phenoxy) is 3. The van der Waals surface area contributed by atoms with Crippen LogP contribution in [0.1, 0.15) is 70.9 Å². The molecule has 0 aliphatic carbocycles. The molecule has 0 atom stereocenters. The van der Waals surface area contributed by atoms with Gasteiger partial charge in [-0.25, -0.2) is 23.9 Å². The van der Waals surface area contributed by atoms with Crippen LogP contribution in [-0.2, 0) is 19.0 Å². The van der Waals surface area contributed by atoms with E-state index >= 15 is 0 Å². The Labute approximate surface area is 204 Å². The Morgan fingerprint density at radius 3 is 2.17 bits per heavy atom. The van der Waals surface area contributed by atoms with Gasteiger partial charge in [-0.1, -0.05) is 18.2 Å². The molecule has 1 aliphatic heterocycles. The van der Waals surface area contributed by atoms with Gasteiger partial charge in [-0.15, -0.1) is 0 Å². The van der Waals surface area contributed by atoms with Crippen molar-refractivity contribution in [2.24, 2.45) is 0 Å². The normalized spacial score (nSPS) is 15.6. The molecule has 3 rings (SSSR count). The largest absolute Gasteiger partial charge is 0.463 e. The average Bonchev–Trinajstić information content (AvgIpc) is 2.99. The standard InChI is InChI=1S/C26H32N2O7/c1-8-33-19(29)15-16-13-14-27(23(31)34-25(2,3)4)22(30)21-20(16)17-11-9-10-12-18(17)28(21)24(32)35-26(5,6)7/h9-12,15H,8,13-14H2,1-7H3/b16-15+. The van der Waals surface area contributed by atoms with Gasteiger partial charge in [0.05, 0.1) is 12.1 Å². The van der Waals surface area contributed by atoms with E-state index in [1.54, 1.807) is 72.7 Å². The van der Waals surface area contributed by atoms with Crippen LogP contribution < -0.4 is 0 Å². The maximum atomic E-state index is 13.8. The third-order valence-electron chi connectivity index (χ3n) is 5.02. The molecule has 1 aromatic heterocycles. The molecule has 0 N–H and O–H groups in total. The molecule has 9 nitrogen and oxygen atoms in total. The van der Waals surface area contributed by atoms with E-state index in [-0.39, 0.29) is 25.3 Å². The van der Waals surface area contributed by atoms with Crippen LogP contribution in [0.3, 0.4) is 0 Å². The Hall–Kier alpha value is -3.62. The molecule has 1 aliphatic rings. The number of amides is 2. The number of carbonyl (C=O) groups is 4. The number of hydrogen-bond donors (Lipinski definition) is 0. The quantitative estimate of drug-likeness (QED) is 0.330. The highest BCUT2D eigenvalue weighted by atomic mass is 16.6. The first-order valence-corrected chi connectivity index (χ1v) is 11.5. The van der Waals surface area contributed by atoms with Gasteiger partial charge in [0.15, 0.2) is 0 Å². The zero-order chi connectivity index (χ0) is 26.1. The second-order valence-corrected chi connectivity index (χ2v) is 10.2.